The number of amides is 1. The lowest BCUT2D eigenvalue weighted by atomic mass is 10.0. The van der Waals surface area contributed by atoms with Crippen LogP contribution in [0, 0.1) is 12.8 Å². The second-order valence-electron chi connectivity index (χ2n) is 7.45. The fourth-order valence-electron chi connectivity index (χ4n) is 3.42. The van der Waals surface area contributed by atoms with Crippen LogP contribution in [-0.4, -0.2) is 37.3 Å². The Morgan fingerprint density at radius 1 is 1.14 bits per heavy atom. The number of anilines is 1. The molecule has 2 aromatic rings. The number of nitrogens with one attached hydrogen (secondary N) is 1. The van der Waals surface area contributed by atoms with Gasteiger partial charge in [0.05, 0.1) is 20.3 Å². The highest BCUT2D eigenvalue weighted by Crippen LogP contribution is 2.38. The first-order chi connectivity index (χ1) is 13.6. The van der Waals surface area contributed by atoms with Gasteiger partial charge in [0.25, 0.3) is 0 Å². The SMILES string of the molecule is COc1cc(-c2ccnc(NC(=O)C3CC3)c2)cc(C)c1OC1CCOCC1. The normalized spacial score (nSPS) is 17.2. The average Bonchev–Trinajstić information content (AvgIpc) is 3.56. The minimum Gasteiger partial charge on any atom is -0.493 e. The number of carbonyl (C=O) groups excluding carboxylic acids is 1. The second kappa shape index (κ2) is 8.19. The third kappa shape index (κ3) is 4.28. The highest BCUT2D eigenvalue weighted by molar-refractivity contribution is 5.93. The fraction of sp³-hybridized carbons (Fsp3) is 0.455. The van der Waals surface area contributed by atoms with Crippen LogP contribution in [0.3, 0.4) is 0 Å². The molecule has 0 unspecified atom stereocenters. The molecule has 0 spiro atoms. The first-order valence-electron chi connectivity index (χ1n) is 9.84. The van der Waals surface area contributed by atoms with E-state index >= 15 is 0 Å². The highest BCUT2D eigenvalue weighted by Gasteiger charge is 2.29. The van der Waals surface area contributed by atoms with Crippen LogP contribution in [0.5, 0.6) is 11.5 Å². The number of hydrogen-bond acceptors (Lipinski definition) is 5. The number of carbonyl (C=O) groups is 1. The Bertz CT molecular complexity index is 858. The van der Waals surface area contributed by atoms with E-state index in [4.69, 9.17) is 14.2 Å². The summed E-state index contributed by atoms with van der Waals surface area (Å²) in [5.41, 5.74) is 2.99. The maximum absolute atomic E-state index is 12.0. The van der Waals surface area contributed by atoms with E-state index < -0.39 is 0 Å². The second-order valence-corrected chi connectivity index (χ2v) is 7.45. The molecule has 6 nitrogen and oxygen atoms in total. The van der Waals surface area contributed by atoms with Crippen LogP contribution < -0.4 is 14.8 Å². The smallest absolute Gasteiger partial charge is 0.228 e. The largest absolute Gasteiger partial charge is 0.493 e. The van der Waals surface area contributed by atoms with Crippen molar-refractivity contribution in [1.82, 2.24) is 4.98 Å². The van der Waals surface area contributed by atoms with Crippen molar-refractivity contribution >= 4 is 11.7 Å². The minimum absolute atomic E-state index is 0.0543. The standard InChI is InChI=1S/C22H26N2O4/c1-14-11-17(12-19(26-2)21(14)28-18-6-9-27-10-7-18)16-5-8-23-20(13-16)24-22(25)15-3-4-15/h5,8,11-13,15,18H,3-4,6-7,9-10H2,1-2H3,(H,23,24,25). The van der Waals surface area contributed by atoms with Crippen LogP contribution in [0.1, 0.15) is 31.2 Å². The number of aromatic nitrogens is 1. The molecule has 6 heteroatoms. The maximum Gasteiger partial charge on any atom is 0.228 e. The van der Waals surface area contributed by atoms with Gasteiger partial charge in [-0.15, -0.1) is 0 Å². The molecule has 28 heavy (non-hydrogen) atoms. The van der Waals surface area contributed by atoms with Gasteiger partial charge in [0.2, 0.25) is 5.91 Å². The molecule has 2 heterocycles. The van der Waals surface area contributed by atoms with E-state index in [9.17, 15) is 4.79 Å². The van der Waals surface area contributed by atoms with Gasteiger partial charge in [-0.25, -0.2) is 4.98 Å². The number of pyridine rings is 1. The van der Waals surface area contributed by atoms with Gasteiger partial charge in [0, 0.05) is 25.0 Å². The third-order valence-electron chi connectivity index (χ3n) is 5.21. The fourth-order valence-corrected chi connectivity index (χ4v) is 3.42. The van der Waals surface area contributed by atoms with Gasteiger partial charge >= 0.3 is 0 Å². The Labute approximate surface area is 165 Å². The van der Waals surface area contributed by atoms with Gasteiger partial charge in [0.15, 0.2) is 11.5 Å². The lowest BCUT2D eigenvalue weighted by Crippen LogP contribution is -2.26. The summed E-state index contributed by atoms with van der Waals surface area (Å²) in [5.74, 6) is 2.28. The van der Waals surface area contributed by atoms with Gasteiger partial charge in [0.1, 0.15) is 11.9 Å². The van der Waals surface area contributed by atoms with E-state index in [0.29, 0.717) is 11.6 Å². The van der Waals surface area contributed by atoms with E-state index in [0.717, 1.165) is 61.3 Å². The zero-order valence-corrected chi connectivity index (χ0v) is 16.4. The monoisotopic (exact) mass is 382 g/mol. The van der Waals surface area contributed by atoms with Crippen molar-refractivity contribution in [3.05, 3.63) is 36.0 Å². The van der Waals surface area contributed by atoms with Crippen LogP contribution in [0.4, 0.5) is 5.82 Å². The van der Waals surface area contributed by atoms with Crippen molar-refractivity contribution in [2.24, 2.45) is 5.92 Å². The molecule has 1 N–H and O–H groups in total. The first-order valence-corrected chi connectivity index (χ1v) is 9.84. The maximum atomic E-state index is 12.0. The molecule has 1 amide bonds. The summed E-state index contributed by atoms with van der Waals surface area (Å²) < 4.78 is 17.3. The topological polar surface area (TPSA) is 69.7 Å². The Morgan fingerprint density at radius 3 is 2.64 bits per heavy atom. The number of methoxy groups -OCH3 is 1. The van der Waals surface area contributed by atoms with Crippen molar-refractivity contribution in [3.8, 4) is 22.6 Å². The number of rotatable bonds is 6. The van der Waals surface area contributed by atoms with Crippen molar-refractivity contribution in [3.63, 3.8) is 0 Å². The van der Waals surface area contributed by atoms with E-state index in [1.54, 1.807) is 13.3 Å². The Kier molecular flexibility index (Phi) is 5.48. The van der Waals surface area contributed by atoms with Crippen molar-refractivity contribution in [2.45, 2.75) is 38.7 Å². The third-order valence-corrected chi connectivity index (χ3v) is 5.21. The van der Waals surface area contributed by atoms with Crippen molar-refractivity contribution in [1.29, 1.82) is 0 Å². The molecule has 0 atom stereocenters. The van der Waals surface area contributed by atoms with E-state index in [1.807, 2.05) is 25.1 Å². The molecular weight excluding hydrogens is 356 g/mol. The molecule has 2 aliphatic rings. The molecule has 1 aromatic heterocycles. The number of ether oxygens (including phenoxy) is 3. The van der Waals surface area contributed by atoms with Crippen molar-refractivity contribution < 1.29 is 19.0 Å². The molecule has 4 rings (SSSR count). The van der Waals surface area contributed by atoms with Gasteiger partial charge < -0.3 is 19.5 Å². The summed E-state index contributed by atoms with van der Waals surface area (Å²) in [6.07, 6.45) is 5.58. The Balaban J connectivity index is 1.57. The summed E-state index contributed by atoms with van der Waals surface area (Å²) in [7, 11) is 1.66. The van der Waals surface area contributed by atoms with Crippen LogP contribution >= 0.6 is 0 Å². The molecule has 1 saturated heterocycles. The zero-order valence-electron chi connectivity index (χ0n) is 16.4. The predicted octanol–water partition coefficient (Wildman–Crippen LogP) is 3.97. The number of benzene rings is 1. The highest BCUT2D eigenvalue weighted by atomic mass is 16.5. The molecule has 1 aliphatic heterocycles. The van der Waals surface area contributed by atoms with Crippen LogP contribution in [0.2, 0.25) is 0 Å². The molecule has 0 bridgehead atoms. The Hall–Kier alpha value is -2.60. The van der Waals surface area contributed by atoms with Crippen LogP contribution in [0.15, 0.2) is 30.5 Å². The van der Waals surface area contributed by atoms with Gasteiger partial charge in [-0.05, 0) is 60.7 Å². The van der Waals surface area contributed by atoms with E-state index in [1.165, 1.54) is 0 Å². The molecule has 1 aliphatic carbocycles. The minimum atomic E-state index is 0.0543. The summed E-state index contributed by atoms with van der Waals surface area (Å²) >= 11 is 0. The van der Waals surface area contributed by atoms with Crippen LogP contribution in [0.25, 0.3) is 11.1 Å². The van der Waals surface area contributed by atoms with Gasteiger partial charge in [-0.2, -0.15) is 0 Å². The lowest BCUT2D eigenvalue weighted by Gasteiger charge is -2.25. The summed E-state index contributed by atoms with van der Waals surface area (Å²) in [6.45, 7) is 3.49. The average molecular weight is 382 g/mol. The quantitative estimate of drug-likeness (QED) is 0.819. The molecular formula is C22H26N2O4. The zero-order chi connectivity index (χ0) is 19.5. The van der Waals surface area contributed by atoms with Gasteiger partial charge in [-0.1, -0.05) is 0 Å². The van der Waals surface area contributed by atoms with Crippen molar-refractivity contribution in [2.75, 3.05) is 25.6 Å². The number of hydrogen-bond donors (Lipinski definition) is 1. The first kappa shape index (κ1) is 18.7. The molecule has 1 aromatic carbocycles. The summed E-state index contributed by atoms with van der Waals surface area (Å²) in [5, 5.41) is 2.90. The van der Waals surface area contributed by atoms with E-state index in [-0.39, 0.29) is 17.9 Å². The Morgan fingerprint density at radius 2 is 1.93 bits per heavy atom. The van der Waals surface area contributed by atoms with Gasteiger partial charge in [-0.3, -0.25) is 4.79 Å². The molecule has 1 saturated carbocycles. The molecule has 0 radical (unpaired) electrons. The lowest BCUT2D eigenvalue weighted by molar-refractivity contribution is -0.117. The summed E-state index contributed by atoms with van der Waals surface area (Å²) in [6, 6.07) is 7.88. The summed E-state index contributed by atoms with van der Waals surface area (Å²) in [4.78, 5) is 16.3. The molecule has 148 valence electrons. The van der Waals surface area contributed by atoms with E-state index in [2.05, 4.69) is 16.4 Å². The number of nitrogens with zero attached hydrogens (tertiary/aromatic N) is 1. The molecule has 2 fully saturated rings. The van der Waals surface area contributed by atoms with Crippen LogP contribution in [-0.2, 0) is 9.53 Å². The predicted molar refractivity (Wildman–Crippen MR) is 107 cm³/mol. The number of aryl methyl sites for hydroxylation is 1.